The summed E-state index contributed by atoms with van der Waals surface area (Å²) in [4.78, 5) is 9.13. The van der Waals surface area contributed by atoms with Crippen molar-refractivity contribution in [3.05, 3.63) is 176 Å². The first-order valence-corrected chi connectivity index (χ1v) is 18.8. The number of rotatable bonds is 8. The quantitative estimate of drug-likeness (QED) is 0.153. The molecule has 6 aromatic carbocycles. The van der Waals surface area contributed by atoms with Gasteiger partial charge in [-0.15, -0.1) is 35.4 Å². The fraction of sp³-hybridized carbons (Fsp3) is 0.0800. The zero-order valence-corrected chi connectivity index (χ0v) is 34.8. The second kappa shape index (κ2) is 17.0. The number of hydrogen-bond donors (Lipinski definition) is 1. The molecule has 292 valence electrons. The number of aromatic nitrogens is 4. The number of pyridine rings is 2. The standard InChI is InChI=1S/2C25H19N2O2.Pt/c1-28-17-11-12-21(22-15-18(29-2)13-14-26-22)25(16-17)27-23-9-5-3-7-19(23)20-8-4-6-10-24(20)27;1-29-18-10-11-21(22-14-17(16-28)12-13-26-22)25(15-18)27-23-8-4-2-6-19(23)20-7-3-5-9-24(20)27;/h3-11,13-16H,1-2H3;2-10,12-15,28H,16H2,1H3;/q2*-1;+2. The first-order valence-electron chi connectivity index (χ1n) is 18.8. The molecular formula is C50H38N4O4Pt. The molecule has 0 bridgehead atoms. The van der Waals surface area contributed by atoms with Gasteiger partial charge in [-0.2, -0.15) is 0 Å². The zero-order chi connectivity index (χ0) is 39.6. The SMILES string of the molecule is COc1c[c-]c(-c2cc(CO)ccn2)c(-n2c3ccccc3c3ccccc32)c1.COc1ccnc(-c2[c-]cc(OC)cc2-n2c3ccccc3c3ccccc32)c1.[Pt+2]. The Labute approximate surface area is 356 Å². The molecule has 0 atom stereocenters. The van der Waals surface area contributed by atoms with Gasteiger partial charge in [0.25, 0.3) is 0 Å². The second-order valence-corrected chi connectivity index (χ2v) is 13.6. The van der Waals surface area contributed by atoms with Crippen LogP contribution in [0.15, 0.2) is 158 Å². The maximum atomic E-state index is 9.56. The van der Waals surface area contributed by atoms with E-state index < -0.39 is 0 Å². The molecule has 59 heavy (non-hydrogen) atoms. The Morgan fingerprint density at radius 3 is 1.29 bits per heavy atom. The zero-order valence-electron chi connectivity index (χ0n) is 32.5. The third-order valence-electron chi connectivity index (χ3n) is 10.4. The van der Waals surface area contributed by atoms with Crippen molar-refractivity contribution in [3.8, 4) is 51.1 Å². The van der Waals surface area contributed by atoms with Crippen LogP contribution in [0.3, 0.4) is 0 Å². The average Bonchev–Trinajstić information content (AvgIpc) is 3.82. The van der Waals surface area contributed by atoms with Crippen LogP contribution in [-0.2, 0) is 27.7 Å². The van der Waals surface area contributed by atoms with Crippen molar-refractivity contribution < 1.29 is 40.4 Å². The van der Waals surface area contributed by atoms with Crippen molar-refractivity contribution in [2.45, 2.75) is 6.61 Å². The first-order chi connectivity index (χ1) is 28.6. The molecule has 0 unspecified atom stereocenters. The van der Waals surface area contributed by atoms with Crippen LogP contribution in [0.5, 0.6) is 17.2 Å². The summed E-state index contributed by atoms with van der Waals surface area (Å²) in [7, 11) is 4.98. The van der Waals surface area contributed by atoms with Gasteiger partial charge in [0.2, 0.25) is 0 Å². The molecule has 0 radical (unpaired) electrons. The van der Waals surface area contributed by atoms with E-state index in [4.69, 9.17) is 14.2 Å². The molecule has 10 aromatic rings. The molecule has 0 saturated heterocycles. The van der Waals surface area contributed by atoms with Crippen LogP contribution in [0.1, 0.15) is 5.56 Å². The maximum Gasteiger partial charge on any atom is 2.00 e. The van der Waals surface area contributed by atoms with Gasteiger partial charge in [0.1, 0.15) is 5.75 Å². The van der Waals surface area contributed by atoms with E-state index in [1.54, 1.807) is 33.7 Å². The monoisotopic (exact) mass is 953 g/mol. The summed E-state index contributed by atoms with van der Waals surface area (Å²) in [6.07, 6.45) is 3.47. The minimum atomic E-state index is -0.0314. The van der Waals surface area contributed by atoms with Gasteiger partial charge in [0.15, 0.2) is 0 Å². The minimum absolute atomic E-state index is 0. The van der Waals surface area contributed by atoms with E-state index in [1.807, 2.05) is 60.7 Å². The smallest absolute Gasteiger partial charge is 0.540 e. The molecule has 0 amide bonds. The molecule has 1 N–H and O–H groups in total. The van der Waals surface area contributed by atoms with Gasteiger partial charge >= 0.3 is 21.1 Å². The number of aliphatic hydroxyl groups excluding tert-OH is 1. The molecule has 0 saturated carbocycles. The molecule has 4 aromatic heterocycles. The Hall–Kier alpha value is -6.73. The van der Waals surface area contributed by atoms with Gasteiger partial charge in [-0.05, 0) is 70.8 Å². The average molecular weight is 954 g/mol. The van der Waals surface area contributed by atoms with Crippen molar-refractivity contribution in [1.82, 2.24) is 19.1 Å². The van der Waals surface area contributed by atoms with Crippen molar-refractivity contribution in [2.75, 3.05) is 21.3 Å². The van der Waals surface area contributed by atoms with E-state index >= 15 is 0 Å². The number of ether oxygens (including phenoxy) is 3. The molecule has 9 heteroatoms. The summed E-state index contributed by atoms with van der Waals surface area (Å²) in [5.74, 6) is 2.23. The van der Waals surface area contributed by atoms with Crippen LogP contribution < -0.4 is 14.2 Å². The van der Waals surface area contributed by atoms with Gasteiger partial charge in [0.05, 0.1) is 27.9 Å². The van der Waals surface area contributed by atoms with Crippen LogP contribution in [0, 0.1) is 12.1 Å². The molecule has 0 aliphatic heterocycles. The fourth-order valence-corrected chi connectivity index (χ4v) is 7.68. The van der Waals surface area contributed by atoms with Gasteiger partial charge in [-0.1, -0.05) is 91.0 Å². The number of nitrogens with zero attached hydrogens (tertiary/aromatic N) is 4. The molecule has 8 nitrogen and oxygen atoms in total. The van der Waals surface area contributed by atoms with Gasteiger partial charge in [-0.3, -0.25) is 0 Å². The fourth-order valence-electron chi connectivity index (χ4n) is 7.68. The Morgan fingerprint density at radius 1 is 0.492 bits per heavy atom. The summed E-state index contributed by atoms with van der Waals surface area (Å²) in [6, 6.07) is 55.5. The number of aliphatic hydroxyl groups is 1. The van der Waals surface area contributed by atoms with Crippen LogP contribution >= 0.6 is 0 Å². The third-order valence-corrected chi connectivity index (χ3v) is 10.4. The predicted octanol–water partition coefficient (Wildman–Crippen LogP) is 10.8. The maximum absolute atomic E-state index is 9.56. The van der Waals surface area contributed by atoms with Crippen LogP contribution in [0.2, 0.25) is 0 Å². The first kappa shape index (κ1) is 39.1. The third kappa shape index (κ3) is 7.22. The van der Waals surface area contributed by atoms with Gasteiger partial charge in [-0.25, -0.2) is 0 Å². The number of methoxy groups -OCH3 is 3. The van der Waals surface area contributed by atoms with E-state index in [-0.39, 0.29) is 27.7 Å². The summed E-state index contributed by atoms with van der Waals surface area (Å²) >= 11 is 0. The van der Waals surface area contributed by atoms with Crippen molar-refractivity contribution >= 4 is 43.6 Å². The molecular weight excluding hydrogens is 916 g/mol. The number of hydrogen-bond acceptors (Lipinski definition) is 6. The Balaban J connectivity index is 0.000000161. The Morgan fingerprint density at radius 2 is 0.881 bits per heavy atom. The Kier molecular flexibility index (Phi) is 11.3. The minimum Gasteiger partial charge on any atom is -0.540 e. The van der Waals surface area contributed by atoms with Crippen molar-refractivity contribution in [2.24, 2.45) is 0 Å². The molecule has 10 rings (SSSR count). The number of fused-ring (bicyclic) bond motifs is 6. The van der Waals surface area contributed by atoms with Gasteiger partial charge < -0.3 is 38.4 Å². The summed E-state index contributed by atoms with van der Waals surface area (Å²) in [5, 5.41) is 14.3. The van der Waals surface area contributed by atoms with E-state index in [9.17, 15) is 5.11 Å². The van der Waals surface area contributed by atoms with Crippen LogP contribution in [0.4, 0.5) is 0 Å². The van der Waals surface area contributed by atoms with Crippen LogP contribution in [0.25, 0.3) is 77.5 Å². The molecule has 0 aliphatic carbocycles. The normalized spacial score (nSPS) is 11.0. The Bertz CT molecular complexity index is 2780. The second-order valence-electron chi connectivity index (χ2n) is 13.6. The van der Waals surface area contributed by atoms with Crippen molar-refractivity contribution in [3.63, 3.8) is 0 Å². The van der Waals surface area contributed by atoms with Crippen molar-refractivity contribution in [1.29, 1.82) is 0 Å². The molecule has 4 heterocycles. The number of para-hydroxylation sites is 4. The topological polar surface area (TPSA) is 83.6 Å². The van der Waals surface area contributed by atoms with E-state index in [0.717, 1.165) is 78.8 Å². The van der Waals surface area contributed by atoms with E-state index in [2.05, 4.69) is 116 Å². The largest absolute Gasteiger partial charge is 2.00 e. The molecule has 0 fully saturated rings. The molecule has 0 aliphatic rings. The summed E-state index contributed by atoms with van der Waals surface area (Å²) in [5.41, 5.74) is 10.5. The van der Waals surface area contributed by atoms with Gasteiger partial charge in [0, 0.05) is 67.5 Å². The van der Waals surface area contributed by atoms with E-state index in [1.165, 1.54) is 21.5 Å². The van der Waals surface area contributed by atoms with Crippen LogP contribution in [-0.4, -0.2) is 45.5 Å². The predicted molar refractivity (Wildman–Crippen MR) is 231 cm³/mol. The summed E-state index contributed by atoms with van der Waals surface area (Å²) < 4.78 is 20.9. The van der Waals surface area contributed by atoms with E-state index in [0.29, 0.717) is 0 Å². The summed E-state index contributed by atoms with van der Waals surface area (Å²) in [6.45, 7) is -0.0314. The number of benzene rings is 6. The molecule has 0 spiro atoms.